The van der Waals surface area contributed by atoms with Crippen LogP contribution in [0.15, 0.2) is 27.6 Å². The summed E-state index contributed by atoms with van der Waals surface area (Å²) in [4.78, 5) is 17.7. The Hall–Kier alpha value is -1.66. The number of rotatable bonds is 2. The van der Waals surface area contributed by atoms with Crippen molar-refractivity contribution in [2.45, 2.75) is 20.4 Å². The molecule has 0 aliphatic carbocycles. The standard InChI is InChI=1S/C13H12N2O2S2/c1-7-8(2)19-11-10(7)12(16)15(13(18)14-11)6-9-4-3-5-17-9/h3-5H,6H2,1-2H3,(H,14,18). The van der Waals surface area contributed by atoms with Gasteiger partial charge in [-0.2, -0.15) is 0 Å². The molecule has 19 heavy (non-hydrogen) atoms. The summed E-state index contributed by atoms with van der Waals surface area (Å²) >= 11 is 6.83. The van der Waals surface area contributed by atoms with E-state index in [1.807, 2.05) is 19.9 Å². The topological polar surface area (TPSA) is 50.9 Å². The van der Waals surface area contributed by atoms with Gasteiger partial charge in [0.1, 0.15) is 10.6 Å². The largest absolute Gasteiger partial charge is 0.467 e. The van der Waals surface area contributed by atoms with E-state index in [2.05, 4.69) is 4.98 Å². The van der Waals surface area contributed by atoms with Crippen LogP contribution in [0.2, 0.25) is 0 Å². The molecule has 0 radical (unpaired) electrons. The van der Waals surface area contributed by atoms with Gasteiger partial charge in [-0.3, -0.25) is 9.36 Å². The third-order valence-corrected chi connectivity index (χ3v) is 4.65. The molecule has 0 bridgehead atoms. The molecular formula is C13H12N2O2S2. The van der Waals surface area contributed by atoms with E-state index in [0.29, 0.717) is 17.1 Å². The normalized spacial score (nSPS) is 11.3. The molecule has 6 heteroatoms. The Morgan fingerprint density at radius 3 is 2.95 bits per heavy atom. The van der Waals surface area contributed by atoms with Gasteiger partial charge in [0.25, 0.3) is 5.56 Å². The van der Waals surface area contributed by atoms with Crippen LogP contribution in [0.1, 0.15) is 16.2 Å². The highest BCUT2D eigenvalue weighted by molar-refractivity contribution is 7.71. The van der Waals surface area contributed by atoms with Gasteiger partial charge in [0.05, 0.1) is 18.2 Å². The Bertz CT molecular complexity index is 853. The first-order valence-corrected chi connectivity index (χ1v) is 7.05. The minimum Gasteiger partial charge on any atom is -0.467 e. The van der Waals surface area contributed by atoms with E-state index >= 15 is 0 Å². The maximum absolute atomic E-state index is 12.6. The lowest BCUT2D eigenvalue weighted by Gasteiger charge is -2.04. The monoisotopic (exact) mass is 292 g/mol. The van der Waals surface area contributed by atoms with Crippen molar-refractivity contribution in [2.75, 3.05) is 0 Å². The van der Waals surface area contributed by atoms with Crippen LogP contribution in [0.5, 0.6) is 0 Å². The zero-order chi connectivity index (χ0) is 13.6. The zero-order valence-electron chi connectivity index (χ0n) is 10.5. The predicted octanol–water partition coefficient (Wildman–Crippen LogP) is 3.38. The van der Waals surface area contributed by atoms with Gasteiger partial charge in [-0.05, 0) is 43.8 Å². The maximum Gasteiger partial charge on any atom is 0.263 e. The number of aromatic nitrogens is 2. The molecule has 3 rings (SSSR count). The zero-order valence-corrected chi connectivity index (χ0v) is 12.2. The van der Waals surface area contributed by atoms with Crippen LogP contribution in [-0.4, -0.2) is 9.55 Å². The van der Waals surface area contributed by atoms with E-state index < -0.39 is 0 Å². The quantitative estimate of drug-likeness (QED) is 0.737. The van der Waals surface area contributed by atoms with Crippen LogP contribution in [0.4, 0.5) is 0 Å². The second-order valence-corrected chi connectivity index (χ2v) is 6.00. The molecule has 0 aliphatic heterocycles. The Morgan fingerprint density at radius 2 is 2.26 bits per heavy atom. The fourth-order valence-corrected chi connectivity index (χ4v) is 3.43. The number of hydrogen-bond acceptors (Lipinski definition) is 4. The van der Waals surface area contributed by atoms with E-state index in [1.165, 1.54) is 4.57 Å². The van der Waals surface area contributed by atoms with Gasteiger partial charge in [0.2, 0.25) is 0 Å². The van der Waals surface area contributed by atoms with E-state index in [-0.39, 0.29) is 5.56 Å². The minimum absolute atomic E-state index is 0.0583. The molecule has 0 atom stereocenters. The van der Waals surface area contributed by atoms with E-state index in [9.17, 15) is 4.79 Å². The first-order chi connectivity index (χ1) is 9.08. The highest BCUT2D eigenvalue weighted by atomic mass is 32.1. The number of nitrogens with one attached hydrogen (secondary N) is 1. The van der Waals surface area contributed by atoms with Gasteiger partial charge < -0.3 is 9.40 Å². The maximum atomic E-state index is 12.6. The molecule has 0 aromatic carbocycles. The minimum atomic E-state index is -0.0583. The Balaban J connectivity index is 2.28. The van der Waals surface area contributed by atoms with Gasteiger partial charge in [0, 0.05) is 4.88 Å². The molecule has 0 spiro atoms. The Morgan fingerprint density at radius 1 is 1.47 bits per heavy atom. The van der Waals surface area contributed by atoms with Gasteiger partial charge in [-0.15, -0.1) is 11.3 Å². The number of aromatic amines is 1. The van der Waals surface area contributed by atoms with E-state index in [1.54, 1.807) is 23.7 Å². The second kappa shape index (κ2) is 4.47. The fraction of sp³-hybridized carbons (Fsp3) is 0.231. The number of aryl methyl sites for hydroxylation is 2. The Labute approximate surface area is 118 Å². The molecule has 3 aromatic rings. The number of H-pyrrole nitrogens is 1. The van der Waals surface area contributed by atoms with Crippen LogP contribution in [0.3, 0.4) is 0 Å². The highest BCUT2D eigenvalue weighted by Gasteiger charge is 2.13. The van der Waals surface area contributed by atoms with Crippen LogP contribution in [0, 0.1) is 18.6 Å². The summed E-state index contributed by atoms with van der Waals surface area (Å²) in [7, 11) is 0. The Kier molecular flexibility index (Phi) is 2.91. The molecule has 0 amide bonds. The molecule has 1 N–H and O–H groups in total. The van der Waals surface area contributed by atoms with Crippen LogP contribution in [0.25, 0.3) is 10.2 Å². The lowest BCUT2D eigenvalue weighted by molar-refractivity contribution is 0.487. The average Bonchev–Trinajstić information content (AvgIpc) is 2.95. The third kappa shape index (κ3) is 1.97. The predicted molar refractivity (Wildman–Crippen MR) is 78.6 cm³/mol. The number of hydrogen-bond donors (Lipinski definition) is 1. The van der Waals surface area contributed by atoms with Crippen molar-refractivity contribution < 1.29 is 4.42 Å². The summed E-state index contributed by atoms with van der Waals surface area (Å²) in [5.74, 6) is 0.713. The van der Waals surface area contributed by atoms with Crippen molar-refractivity contribution in [2.24, 2.45) is 0 Å². The first kappa shape index (κ1) is 12.4. The van der Waals surface area contributed by atoms with Crippen molar-refractivity contribution in [1.82, 2.24) is 9.55 Å². The second-order valence-electron chi connectivity index (χ2n) is 4.39. The molecule has 98 valence electrons. The summed E-state index contributed by atoms with van der Waals surface area (Å²) in [6, 6.07) is 3.63. The number of fused-ring (bicyclic) bond motifs is 1. The lowest BCUT2D eigenvalue weighted by atomic mass is 10.2. The number of furan rings is 1. The molecule has 0 aliphatic rings. The van der Waals surface area contributed by atoms with Crippen molar-refractivity contribution in [3.05, 3.63) is 49.7 Å². The molecule has 0 fully saturated rings. The van der Waals surface area contributed by atoms with Crippen LogP contribution >= 0.6 is 23.6 Å². The van der Waals surface area contributed by atoms with Crippen LogP contribution in [-0.2, 0) is 6.54 Å². The summed E-state index contributed by atoms with van der Waals surface area (Å²) in [6.45, 7) is 4.32. The average molecular weight is 292 g/mol. The molecule has 3 heterocycles. The van der Waals surface area contributed by atoms with Gasteiger partial charge in [-0.25, -0.2) is 0 Å². The van der Waals surface area contributed by atoms with E-state index in [0.717, 1.165) is 20.7 Å². The smallest absolute Gasteiger partial charge is 0.263 e. The SMILES string of the molecule is Cc1sc2[nH]c(=S)n(Cc3ccco3)c(=O)c2c1C. The first-order valence-electron chi connectivity index (χ1n) is 5.83. The molecule has 3 aromatic heterocycles. The summed E-state index contributed by atoms with van der Waals surface area (Å²) in [5, 5.41) is 0.725. The van der Waals surface area contributed by atoms with Crippen molar-refractivity contribution in [3.8, 4) is 0 Å². The van der Waals surface area contributed by atoms with E-state index in [4.69, 9.17) is 16.6 Å². The van der Waals surface area contributed by atoms with Gasteiger partial charge in [-0.1, -0.05) is 0 Å². The molecular weight excluding hydrogens is 280 g/mol. The van der Waals surface area contributed by atoms with Crippen molar-refractivity contribution in [1.29, 1.82) is 0 Å². The summed E-state index contributed by atoms with van der Waals surface area (Å²) < 4.78 is 7.24. The highest BCUT2D eigenvalue weighted by Crippen LogP contribution is 2.25. The molecule has 4 nitrogen and oxygen atoms in total. The molecule has 0 unspecified atom stereocenters. The van der Waals surface area contributed by atoms with Crippen molar-refractivity contribution in [3.63, 3.8) is 0 Å². The van der Waals surface area contributed by atoms with Gasteiger partial charge >= 0.3 is 0 Å². The summed E-state index contributed by atoms with van der Waals surface area (Å²) in [5.41, 5.74) is 0.960. The molecule has 0 saturated heterocycles. The van der Waals surface area contributed by atoms with Crippen molar-refractivity contribution >= 4 is 33.8 Å². The number of nitrogens with zero attached hydrogens (tertiary/aromatic N) is 1. The van der Waals surface area contributed by atoms with Crippen LogP contribution < -0.4 is 5.56 Å². The lowest BCUT2D eigenvalue weighted by Crippen LogP contribution is -2.22. The van der Waals surface area contributed by atoms with Gasteiger partial charge in [0.15, 0.2) is 4.77 Å². The third-order valence-electron chi connectivity index (χ3n) is 3.20. The summed E-state index contributed by atoms with van der Waals surface area (Å²) in [6.07, 6.45) is 1.59. The number of thiophene rings is 1. The molecule has 0 saturated carbocycles. The fourth-order valence-electron chi connectivity index (χ4n) is 2.07.